The van der Waals surface area contributed by atoms with Gasteiger partial charge in [0.15, 0.2) is 5.96 Å². The molecular formula is C22H25N5O. The molecule has 0 spiro atoms. The molecule has 1 atom stereocenters. The molecule has 3 N–H and O–H groups in total. The van der Waals surface area contributed by atoms with Crippen molar-refractivity contribution in [2.45, 2.75) is 25.5 Å². The van der Waals surface area contributed by atoms with E-state index >= 15 is 0 Å². The lowest BCUT2D eigenvalue weighted by Crippen LogP contribution is -2.37. The number of ether oxygens (including phenoxy) is 1. The molecule has 2 heterocycles. The van der Waals surface area contributed by atoms with E-state index < -0.39 is 0 Å². The Balaban J connectivity index is 1.54. The molecule has 3 aromatic rings. The molecule has 6 nitrogen and oxygen atoms in total. The average molecular weight is 375 g/mol. The van der Waals surface area contributed by atoms with Crippen LogP contribution in [0.25, 0.3) is 16.9 Å². The number of nitrogens with two attached hydrogens (primary N) is 1. The van der Waals surface area contributed by atoms with Crippen LogP contribution in [0.5, 0.6) is 0 Å². The predicted octanol–water partition coefficient (Wildman–Crippen LogP) is 3.12. The molecule has 1 aliphatic heterocycles. The Labute approximate surface area is 165 Å². The number of nitrogens with one attached hydrogen (secondary N) is 1. The summed E-state index contributed by atoms with van der Waals surface area (Å²) in [5, 5.41) is 7.97. The first kappa shape index (κ1) is 18.3. The number of hydrogen-bond donors (Lipinski definition) is 2. The molecule has 2 aromatic carbocycles. The smallest absolute Gasteiger partial charge is 0.189 e. The Morgan fingerprint density at radius 3 is 2.61 bits per heavy atom. The highest BCUT2D eigenvalue weighted by molar-refractivity contribution is 5.78. The minimum atomic E-state index is 0.231. The van der Waals surface area contributed by atoms with Gasteiger partial charge < -0.3 is 15.8 Å². The Morgan fingerprint density at radius 2 is 1.89 bits per heavy atom. The van der Waals surface area contributed by atoms with E-state index in [-0.39, 0.29) is 6.10 Å². The van der Waals surface area contributed by atoms with Crippen molar-refractivity contribution in [1.82, 2.24) is 15.1 Å². The van der Waals surface area contributed by atoms with Crippen molar-refractivity contribution in [3.63, 3.8) is 0 Å². The fraction of sp³-hybridized carbons (Fsp3) is 0.273. The third-order valence-electron chi connectivity index (χ3n) is 4.81. The summed E-state index contributed by atoms with van der Waals surface area (Å²) in [7, 11) is 0. The summed E-state index contributed by atoms with van der Waals surface area (Å²) in [5.74, 6) is 0.432. The Hall–Kier alpha value is -3.12. The zero-order valence-corrected chi connectivity index (χ0v) is 15.8. The molecule has 1 aromatic heterocycles. The van der Waals surface area contributed by atoms with Crippen LogP contribution in [0.3, 0.4) is 0 Å². The predicted molar refractivity (Wildman–Crippen MR) is 111 cm³/mol. The lowest BCUT2D eigenvalue weighted by Gasteiger charge is -2.11. The quantitative estimate of drug-likeness (QED) is 0.513. The van der Waals surface area contributed by atoms with Crippen molar-refractivity contribution in [1.29, 1.82) is 0 Å². The normalized spacial score (nSPS) is 17.0. The second-order valence-electron chi connectivity index (χ2n) is 6.87. The third kappa shape index (κ3) is 4.40. The standard InChI is InChI=1S/C22H25N5O/c23-22(25-15-20-12-7-13-28-20)24-14-18-16-27(19-10-5-2-6-11-19)26-21(18)17-8-3-1-4-9-17/h1-6,8-11,16,20H,7,12-15H2,(H3,23,24,25)/t20-/m1/s1. The van der Waals surface area contributed by atoms with Crippen molar-refractivity contribution < 1.29 is 4.74 Å². The van der Waals surface area contributed by atoms with Gasteiger partial charge in [0, 0.05) is 30.5 Å². The number of hydrogen-bond acceptors (Lipinski definition) is 3. The Bertz CT molecular complexity index is 915. The van der Waals surface area contributed by atoms with Crippen LogP contribution in [-0.2, 0) is 11.3 Å². The number of rotatable bonds is 6. The average Bonchev–Trinajstić information content (AvgIpc) is 3.42. The van der Waals surface area contributed by atoms with Gasteiger partial charge in [-0.3, -0.25) is 0 Å². The second kappa shape index (κ2) is 8.71. The van der Waals surface area contributed by atoms with E-state index in [1.807, 2.05) is 59.4 Å². The SMILES string of the molecule is NC(=NCc1cn(-c2ccccc2)nc1-c1ccccc1)NC[C@H]1CCCO1. The van der Waals surface area contributed by atoms with Gasteiger partial charge in [-0.15, -0.1) is 0 Å². The molecule has 1 fully saturated rings. The Kier molecular flexibility index (Phi) is 5.68. The summed E-state index contributed by atoms with van der Waals surface area (Å²) in [6, 6.07) is 20.2. The molecule has 1 saturated heterocycles. The number of benzene rings is 2. The minimum absolute atomic E-state index is 0.231. The van der Waals surface area contributed by atoms with E-state index in [1.54, 1.807) is 0 Å². The first-order valence-corrected chi connectivity index (χ1v) is 9.64. The number of guanidine groups is 1. The highest BCUT2D eigenvalue weighted by atomic mass is 16.5. The molecule has 1 aliphatic rings. The molecule has 0 saturated carbocycles. The maximum Gasteiger partial charge on any atom is 0.189 e. The zero-order valence-electron chi connectivity index (χ0n) is 15.8. The van der Waals surface area contributed by atoms with Crippen molar-refractivity contribution in [2.75, 3.05) is 13.2 Å². The van der Waals surface area contributed by atoms with E-state index in [4.69, 9.17) is 15.6 Å². The molecule has 0 aliphatic carbocycles. The summed E-state index contributed by atoms with van der Waals surface area (Å²) >= 11 is 0. The van der Waals surface area contributed by atoms with Crippen LogP contribution in [-0.4, -0.2) is 35.0 Å². The lowest BCUT2D eigenvalue weighted by molar-refractivity contribution is 0.114. The number of para-hydroxylation sites is 1. The largest absolute Gasteiger partial charge is 0.376 e. The molecule has 0 unspecified atom stereocenters. The van der Waals surface area contributed by atoms with Gasteiger partial charge in [0.05, 0.1) is 24.0 Å². The molecule has 28 heavy (non-hydrogen) atoms. The van der Waals surface area contributed by atoms with Gasteiger partial charge in [-0.1, -0.05) is 48.5 Å². The van der Waals surface area contributed by atoms with Gasteiger partial charge in [0.1, 0.15) is 0 Å². The van der Waals surface area contributed by atoms with Gasteiger partial charge >= 0.3 is 0 Å². The fourth-order valence-corrected chi connectivity index (χ4v) is 3.33. The summed E-state index contributed by atoms with van der Waals surface area (Å²) in [6.45, 7) is 1.99. The van der Waals surface area contributed by atoms with Gasteiger partial charge in [0.2, 0.25) is 0 Å². The summed E-state index contributed by atoms with van der Waals surface area (Å²) < 4.78 is 7.50. The van der Waals surface area contributed by atoms with Crippen molar-refractivity contribution in [3.8, 4) is 16.9 Å². The molecular weight excluding hydrogens is 350 g/mol. The number of aromatic nitrogens is 2. The molecule has 6 heteroatoms. The first-order valence-electron chi connectivity index (χ1n) is 9.64. The van der Waals surface area contributed by atoms with Crippen LogP contribution in [0.1, 0.15) is 18.4 Å². The lowest BCUT2D eigenvalue weighted by atomic mass is 10.1. The molecule has 0 amide bonds. The van der Waals surface area contributed by atoms with Crippen LogP contribution in [0.4, 0.5) is 0 Å². The van der Waals surface area contributed by atoms with Crippen LogP contribution in [0.2, 0.25) is 0 Å². The minimum Gasteiger partial charge on any atom is -0.376 e. The zero-order chi connectivity index (χ0) is 19.2. The molecule has 144 valence electrons. The first-order chi connectivity index (χ1) is 13.8. The van der Waals surface area contributed by atoms with E-state index in [1.165, 1.54) is 0 Å². The van der Waals surface area contributed by atoms with Crippen LogP contribution >= 0.6 is 0 Å². The van der Waals surface area contributed by atoms with Gasteiger partial charge in [-0.2, -0.15) is 5.10 Å². The summed E-state index contributed by atoms with van der Waals surface area (Å²) in [5.41, 5.74) is 10.1. The Morgan fingerprint density at radius 1 is 1.14 bits per heavy atom. The highest BCUT2D eigenvalue weighted by Crippen LogP contribution is 2.24. The summed E-state index contributed by atoms with van der Waals surface area (Å²) in [4.78, 5) is 4.52. The van der Waals surface area contributed by atoms with E-state index in [0.717, 1.165) is 42.0 Å². The van der Waals surface area contributed by atoms with E-state index in [2.05, 4.69) is 22.4 Å². The van der Waals surface area contributed by atoms with Crippen LogP contribution in [0, 0.1) is 0 Å². The highest BCUT2D eigenvalue weighted by Gasteiger charge is 2.15. The molecule has 0 bridgehead atoms. The van der Waals surface area contributed by atoms with E-state index in [0.29, 0.717) is 19.0 Å². The third-order valence-corrected chi connectivity index (χ3v) is 4.81. The molecule has 4 rings (SSSR count). The van der Waals surface area contributed by atoms with Crippen molar-refractivity contribution in [2.24, 2.45) is 10.7 Å². The second-order valence-corrected chi connectivity index (χ2v) is 6.87. The van der Waals surface area contributed by atoms with Gasteiger partial charge in [-0.25, -0.2) is 9.67 Å². The van der Waals surface area contributed by atoms with Crippen LogP contribution < -0.4 is 11.1 Å². The maximum atomic E-state index is 6.06. The van der Waals surface area contributed by atoms with Crippen molar-refractivity contribution in [3.05, 3.63) is 72.4 Å². The van der Waals surface area contributed by atoms with Gasteiger partial charge in [-0.05, 0) is 25.0 Å². The van der Waals surface area contributed by atoms with Gasteiger partial charge in [0.25, 0.3) is 0 Å². The molecule has 0 radical (unpaired) electrons. The fourth-order valence-electron chi connectivity index (χ4n) is 3.33. The maximum absolute atomic E-state index is 6.06. The topological polar surface area (TPSA) is 77.5 Å². The van der Waals surface area contributed by atoms with Crippen molar-refractivity contribution >= 4 is 5.96 Å². The monoisotopic (exact) mass is 375 g/mol. The summed E-state index contributed by atoms with van der Waals surface area (Å²) in [6.07, 6.45) is 4.44. The number of nitrogens with zero attached hydrogens (tertiary/aromatic N) is 3. The number of aliphatic imine (C=N–C) groups is 1. The van der Waals surface area contributed by atoms with E-state index in [9.17, 15) is 0 Å². The van der Waals surface area contributed by atoms with Crippen LogP contribution in [0.15, 0.2) is 71.9 Å².